The highest BCUT2D eigenvalue weighted by Crippen LogP contribution is 2.30. The highest BCUT2D eigenvalue weighted by atomic mass is 16.6. The molecule has 0 saturated carbocycles. The Balaban J connectivity index is 1.56. The SMILES string of the molecule is CC(C)(OC(=O)c1ccc(OCc2ccccc2)cc1)C1CCNCC1. The fourth-order valence-corrected chi connectivity index (χ4v) is 3.33. The van der Waals surface area contributed by atoms with Crippen LogP contribution in [0.5, 0.6) is 5.75 Å². The average Bonchev–Trinajstić information content (AvgIpc) is 2.68. The predicted octanol–water partition coefficient (Wildman–Crippen LogP) is 4.20. The van der Waals surface area contributed by atoms with Crippen molar-refractivity contribution in [3.8, 4) is 5.75 Å². The molecular formula is C22H27NO3. The van der Waals surface area contributed by atoms with E-state index in [2.05, 4.69) is 5.32 Å². The largest absolute Gasteiger partial charge is 0.489 e. The third kappa shape index (κ3) is 4.85. The lowest BCUT2D eigenvalue weighted by Gasteiger charge is -2.36. The minimum Gasteiger partial charge on any atom is -0.489 e. The second-order valence-corrected chi connectivity index (χ2v) is 7.32. The summed E-state index contributed by atoms with van der Waals surface area (Å²) in [5, 5.41) is 3.35. The lowest BCUT2D eigenvalue weighted by atomic mass is 9.83. The van der Waals surface area contributed by atoms with Gasteiger partial charge in [-0.25, -0.2) is 4.79 Å². The summed E-state index contributed by atoms with van der Waals surface area (Å²) in [5.41, 5.74) is 1.21. The number of hydrogen-bond acceptors (Lipinski definition) is 4. The lowest BCUT2D eigenvalue weighted by molar-refractivity contribution is -0.0368. The van der Waals surface area contributed by atoms with Gasteiger partial charge in [0, 0.05) is 5.92 Å². The van der Waals surface area contributed by atoms with Crippen LogP contribution in [-0.2, 0) is 11.3 Å². The van der Waals surface area contributed by atoms with Gasteiger partial charge in [0.05, 0.1) is 5.56 Å². The Morgan fingerprint density at radius 1 is 1.04 bits per heavy atom. The van der Waals surface area contributed by atoms with E-state index in [0.717, 1.165) is 37.2 Å². The first-order valence-corrected chi connectivity index (χ1v) is 9.25. The van der Waals surface area contributed by atoms with Gasteiger partial charge >= 0.3 is 5.97 Å². The summed E-state index contributed by atoms with van der Waals surface area (Å²) in [6, 6.07) is 17.2. The molecule has 1 saturated heterocycles. The summed E-state index contributed by atoms with van der Waals surface area (Å²) < 4.78 is 11.6. The number of carbonyl (C=O) groups excluding carboxylic acids is 1. The van der Waals surface area contributed by atoms with E-state index in [1.54, 1.807) is 12.1 Å². The van der Waals surface area contributed by atoms with Crippen molar-refractivity contribution < 1.29 is 14.3 Å². The molecule has 0 atom stereocenters. The molecule has 0 unspecified atom stereocenters. The van der Waals surface area contributed by atoms with Crippen LogP contribution in [0.15, 0.2) is 54.6 Å². The third-order valence-electron chi connectivity index (χ3n) is 5.02. The first-order valence-electron chi connectivity index (χ1n) is 9.25. The number of rotatable bonds is 6. The van der Waals surface area contributed by atoms with Gasteiger partial charge in [-0.3, -0.25) is 0 Å². The van der Waals surface area contributed by atoms with Gasteiger partial charge < -0.3 is 14.8 Å². The Bertz CT molecular complexity index is 704. The smallest absolute Gasteiger partial charge is 0.338 e. The predicted molar refractivity (Wildman–Crippen MR) is 102 cm³/mol. The normalized spacial score (nSPS) is 15.5. The molecule has 3 rings (SSSR count). The molecule has 0 spiro atoms. The molecule has 2 aromatic rings. The molecule has 1 fully saturated rings. The maximum atomic E-state index is 12.5. The number of benzene rings is 2. The zero-order valence-electron chi connectivity index (χ0n) is 15.5. The Morgan fingerprint density at radius 2 is 1.69 bits per heavy atom. The summed E-state index contributed by atoms with van der Waals surface area (Å²) in [4.78, 5) is 12.5. The molecule has 1 N–H and O–H groups in total. The average molecular weight is 353 g/mol. The third-order valence-corrected chi connectivity index (χ3v) is 5.02. The molecule has 2 aromatic carbocycles. The summed E-state index contributed by atoms with van der Waals surface area (Å²) >= 11 is 0. The molecule has 1 aliphatic heterocycles. The van der Waals surface area contributed by atoms with Crippen molar-refractivity contribution in [1.29, 1.82) is 0 Å². The number of carbonyl (C=O) groups is 1. The number of piperidine rings is 1. The van der Waals surface area contributed by atoms with Crippen LogP contribution < -0.4 is 10.1 Å². The van der Waals surface area contributed by atoms with Gasteiger partial charge in [0.1, 0.15) is 18.0 Å². The van der Waals surface area contributed by atoms with E-state index >= 15 is 0 Å². The van der Waals surface area contributed by atoms with Gasteiger partial charge in [-0.15, -0.1) is 0 Å². The zero-order valence-corrected chi connectivity index (χ0v) is 15.5. The Labute approximate surface area is 155 Å². The molecule has 0 radical (unpaired) electrons. The van der Waals surface area contributed by atoms with Gasteiger partial charge in [-0.05, 0) is 69.6 Å². The Hall–Kier alpha value is -2.33. The second-order valence-electron chi connectivity index (χ2n) is 7.32. The van der Waals surface area contributed by atoms with Crippen molar-refractivity contribution in [2.75, 3.05) is 13.1 Å². The molecule has 1 heterocycles. The summed E-state index contributed by atoms with van der Waals surface area (Å²) in [6.07, 6.45) is 2.07. The van der Waals surface area contributed by atoms with Crippen molar-refractivity contribution in [3.05, 3.63) is 65.7 Å². The molecular weight excluding hydrogens is 326 g/mol. The van der Waals surface area contributed by atoms with Gasteiger partial charge in [-0.1, -0.05) is 30.3 Å². The summed E-state index contributed by atoms with van der Waals surface area (Å²) in [7, 11) is 0. The molecule has 0 aromatic heterocycles. The number of esters is 1. The summed E-state index contributed by atoms with van der Waals surface area (Å²) in [5.74, 6) is 0.854. The van der Waals surface area contributed by atoms with Crippen LogP contribution in [0.1, 0.15) is 42.6 Å². The maximum Gasteiger partial charge on any atom is 0.338 e. The molecule has 26 heavy (non-hydrogen) atoms. The van der Waals surface area contributed by atoms with Crippen molar-refractivity contribution >= 4 is 5.97 Å². The van der Waals surface area contributed by atoms with E-state index in [4.69, 9.17) is 9.47 Å². The van der Waals surface area contributed by atoms with Gasteiger partial charge in [0.25, 0.3) is 0 Å². The molecule has 0 amide bonds. The maximum absolute atomic E-state index is 12.5. The quantitative estimate of drug-likeness (QED) is 0.791. The minimum absolute atomic E-state index is 0.275. The van der Waals surface area contributed by atoms with E-state index in [1.165, 1.54) is 0 Å². The van der Waals surface area contributed by atoms with Crippen molar-refractivity contribution in [1.82, 2.24) is 5.32 Å². The van der Waals surface area contributed by atoms with E-state index < -0.39 is 5.60 Å². The monoisotopic (exact) mass is 353 g/mol. The highest BCUT2D eigenvalue weighted by molar-refractivity contribution is 5.89. The van der Waals surface area contributed by atoms with Gasteiger partial charge in [0.15, 0.2) is 0 Å². The van der Waals surface area contributed by atoms with Crippen LogP contribution in [0.25, 0.3) is 0 Å². The van der Waals surface area contributed by atoms with E-state index in [0.29, 0.717) is 18.1 Å². The van der Waals surface area contributed by atoms with Crippen LogP contribution in [0.2, 0.25) is 0 Å². The second kappa shape index (κ2) is 8.37. The standard InChI is InChI=1S/C22H27NO3/c1-22(2,19-12-14-23-15-13-19)26-21(24)18-8-10-20(11-9-18)25-16-17-6-4-3-5-7-17/h3-11,19,23H,12-16H2,1-2H3. The Kier molecular flexibility index (Phi) is 5.94. The topological polar surface area (TPSA) is 47.6 Å². The fourth-order valence-electron chi connectivity index (χ4n) is 3.33. The lowest BCUT2D eigenvalue weighted by Crippen LogP contribution is -2.42. The van der Waals surface area contributed by atoms with E-state index in [1.807, 2.05) is 56.3 Å². The molecule has 0 aliphatic carbocycles. The van der Waals surface area contributed by atoms with Gasteiger partial charge in [0.2, 0.25) is 0 Å². The fraction of sp³-hybridized carbons (Fsp3) is 0.409. The Morgan fingerprint density at radius 3 is 2.35 bits per heavy atom. The number of ether oxygens (including phenoxy) is 2. The van der Waals surface area contributed by atoms with Gasteiger partial charge in [-0.2, -0.15) is 0 Å². The van der Waals surface area contributed by atoms with Crippen molar-refractivity contribution in [2.24, 2.45) is 5.92 Å². The number of nitrogens with one attached hydrogen (secondary N) is 1. The van der Waals surface area contributed by atoms with Crippen LogP contribution in [0, 0.1) is 5.92 Å². The first-order chi connectivity index (χ1) is 12.5. The molecule has 1 aliphatic rings. The minimum atomic E-state index is -0.457. The summed E-state index contributed by atoms with van der Waals surface area (Å²) in [6.45, 7) is 6.50. The van der Waals surface area contributed by atoms with Crippen molar-refractivity contribution in [3.63, 3.8) is 0 Å². The molecule has 4 nitrogen and oxygen atoms in total. The van der Waals surface area contributed by atoms with Crippen molar-refractivity contribution in [2.45, 2.75) is 38.9 Å². The van der Waals surface area contributed by atoms with Crippen LogP contribution >= 0.6 is 0 Å². The molecule has 0 bridgehead atoms. The van der Waals surface area contributed by atoms with E-state index in [-0.39, 0.29) is 5.97 Å². The zero-order chi connectivity index (χ0) is 18.4. The number of hydrogen-bond donors (Lipinski definition) is 1. The van der Waals surface area contributed by atoms with E-state index in [9.17, 15) is 4.79 Å². The highest BCUT2D eigenvalue weighted by Gasteiger charge is 2.34. The molecule has 4 heteroatoms. The van der Waals surface area contributed by atoms with Crippen LogP contribution in [0.3, 0.4) is 0 Å². The van der Waals surface area contributed by atoms with Crippen LogP contribution in [0.4, 0.5) is 0 Å². The van der Waals surface area contributed by atoms with Crippen LogP contribution in [-0.4, -0.2) is 24.7 Å². The first kappa shape index (κ1) is 18.5. The molecule has 138 valence electrons.